The third-order valence-electron chi connectivity index (χ3n) is 6.65. The first kappa shape index (κ1) is 29.3. The number of para-hydroxylation sites is 4. The zero-order valence-electron chi connectivity index (χ0n) is 21.8. The van der Waals surface area contributed by atoms with Gasteiger partial charge in [-0.2, -0.15) is 13.6 Å². The summed E-state index contributed by atoms with van der Waals surface area (Å²) in [5.74, 6) is 8.59. The summed E-state index contributed by atoms with van der Waals surface area (Å²) in [5, 5.41) is 37.2. The van der Waals surface area contributed by atoms with E-state index in [0.29, 0.717) is 0 Å². The van der Waals surface area contributed by atoms with Gasteiger partial charge in [0.15, 0.2) is 22.1 Å². The van der Waals surface area contributed by atoms with Gasteiger partial charge in [0, 0.05) is 0 Å². The first-order valence-corrected chi connectivity index (χ1v) is 12.6. The Labute approximate surface area is 227 Å². The van der Waals surface area contributed by atoms with Crippen LogP contribution in [0.3, 0.4) is 0 Å². The number of aromatic nitrogens is 4. The highest BCUT2D eigenvalue weighted by molar-refractivity contribution is 7.02. The Kier molecular flexibility index (Phi) is 9.38. The first-order valence-electron chi connectivity index (χ1n) is 11.5. The van der Waals surface area contributed by atoms with Crippen molar-refractivity contribution in [2.75, 3.05) is 5.34 Å². The molecule has 0 aliphatic heterocycles. The number of benzene rings is 2. The van der Waals surface area contributed by atoms with E-state index in [1.165, 1.54) is 0 Å². The molecule has 0 unspecified atom stereocenters. The van der Waals surface area contributed by atoms with Crippen molar-refractivity contribution in [1.82, 2.24) is 9.13 Å². The van der Waals surface area contributed by atoms with E-state index in [4.69, 9.17) is 23.2 Å². The number of fused-ring (bicyclic) bond motifs is 2. The fourth-order valence-electron chi connectivity index (χ4n) is 4.84. The van der Waals surface area contributed by atoms with Gasteiger partial charge in [-0.3, -0.25) is 18.3 Å². The van der Waals surface area contributed by atoms with Gasteiger partial charge in [0.1, 0.15) is 11.4 Å². The van der Waals surface area contributed by atoms with E-state index >= 15 is 0 Å². The number of hydrogen-bond donors (Lipinski definition) is 0. The minimum Gasteiger partial charge on any atom is -0.264 e. The normalized spacial score (nSPS) is 10.7. The second-order valence-corrected chi connectivity index (χ2v) is 9.95. The lowest BCUT2D eigenvalue weighted by Crippen LogP contribution is -2.62. The summed E-state index contributed by atoms with van der Waals surface area (Å²) in [7, 11) is 7.58. The Morgan fingerprint density at radius 1 is 0.676 bits per heavy atom. The van der Waals surface area contributed by atoms with Gasteiger partial charge in [0.25, 0.3) is 0 Å². The molecule has 8 nitrogen and oxygen atoms in total. The zero-order valence-corrected chi connectivity index (χ0v) is 23.3. The summed E-state index contributed by atoms with van der Waals surface area (Å²) in [6.07, 6.45) is -3.69. The molecule has 2 aromatic carbocycles. The van der Waals surface area contributed by atoms with Crippen molar-refractivity contribution in [1.29, 1.82) is 21.0 Å². The largest absolute Gasteiger partial charge is 0.315 e. The molecule has 0 radical (unpaired) electrons. The van der Waals surface area contributed by atoms with E-state index in [1.54, 1.807) is 13.6 Å². The molecule has 188 valence electrons. The number of imidazole rings is 2. The van der Waals surface area contributed by atoms with Gasteiger partial charge in [-0.1, -0.05) is 24.3 Å². The smallest absolute Gasteiger partial charge is 0.264 e. The number of alkyl halides is 2. The fourth-order valence-corrected chi connectivity index (χ4v) is 4.84. The molecule has 2 heterocycles. The lowest BCUT2D eigenvalue weighted by atomic mass is 9.28. The van der Waals surface area contributed by atoms with Crippen LogP contribution in [0.1, 0.15) is 0 Å². The van der Waals surface area contributed by atoms with Gasteiger partial charge in [0.05, 0.1) is 33.5 Å². The predicted molar refractivity (Wildman–Crippen MR) is 150 cm³/mol. The molecular formula is C25H28B2Cl2N8. The summed E-state index contributed by atoms with van der Waals surface area (Å²) < 4.78 is 7.73. The van der Waals surface area contributed by atoms with Crippen LogP contribution in [-0.4, -0.2) is 26.8 Å². The van der Waals surface area contributed by atoms with Gasteiger partial charge >= 0.3 is 12.3 Å². The van der Waals surface area contributed by atoms with Crippen LogP contribution in [0.25, 0.3) is 22.1 Å². The highest BCUT2D eigenvalue weighted by Gasteiger charge is 2.35. The second-order valence-electron chi connectivity index (χ2n) is 9.15. The van der Waals surface area contributed by atoms with Crippen molar-refractivity contribution < 1.29 is 9.13 Å². The van der Waals surface area contributed by atoms with Crippen molar-refractivity contribution in [3.63, 3.8) is 0 Å². The lowest BCUT2D eigenvalue weighted by molar-refractivity contribution is -0.627. The van der Waals surface area contributed by atoms with Crippen LogP contribution < -0.4 is 20.6 Å². The maximum absolute atomic E-state index is 9.24. The van der Waals surface area contributed by atoms with Crippen molar-refractivity contribution in [2.24, 2.45) is 28.2 Å². The van der Waals surface area contributed by atoms with Gasteiger partial charge < -0.3 is 0 Å². The fraction of sp³-hybridized carbons (Fsp3) is 0.280. The van der Waals surface area contributed by atoms with Crippen LogP contribution in [-0.2, 0) is 28.2 Å². The van der Waals surface area contributed by atoms with Crippen molar-refractivity contribution in [2.45, 2.75) is 13.6 Å². The zero-order chi connectivity index (χ0) is 28.0. The van der Waals surface area contributed by atoms with E-state index in [-0.39, 0.29) is 5.34 Å². The molecule has 0 N–H and O–H groups in total. The number of hydrogen-bond acceptors (Lipinski definition) is 4. The standard InChI is InChI=1S/2C12H13BN4.CH2Cl2/c2*1-13(8-14,9-15)12-16(2)10-6-4-5-7-11(10)17(12)3;2-1-3/h2*4-7H,1-3H3;1H2. The van der Waals surface area contributed by atoms with Crippen LogP contribution in [0.4, 0.5) is 0 Å². The Morgan fingerprint density at radius 2 is 0.946 bits per heavy atom. The SMILES string of the molecule is ClCCl.Cn1c([B-](C)(C#N)C#N)[n+](C)c2ccccc21.Cn1c([B-](C)(C#N)C#N)[n+](C)c2ccccc21. The predicted octanol–water partition coefficient (Wildman–Crippen LogP) is 2.25. The summed E-state index contributed by atoms with van der Waals surface area (Å²) in [6.45, 7) is 3.41. The molecule has 2 aromatic heterocycles. The number of nitriles is 4. The molecule has 0 bridgehead atoms. The van der Waals surface area contributed by atoms with Crippen LogP contribution in [0, 0.1) is 44.9 Å². The third kappa shape index (κ3) is 5.28. The number of halogens is 2. The second kappa shape index (κ2) is 11.9. The topological polar surface area (TPSA) is 113 Å². The highest BCUT2D eigenvalue weighted by atomic mass is 35.5. The average molecular weight is 533 g/mol. The molecule has 0 aliphatic rings. The van der Waals surface area contributed by atoms with Gasteiger partial charge in [-0.05, 0) is 24.3 Å². The summed E-state index contributed by atoms with van der Waals surface area (Å²) >= 11 is 9.53. The first-order chi connectivity index (χ1) is 17.5. The van der Waals surface area contributed by atoms with Gasteiger partial charge in [0.2, 0.25) is 0 Å². The monoisotopic (exact) mass is 532 g/mol. The summed E-state index contributed by atoms with van der Waals surface area (Å²) in [6, 6.07) is 15.8. The molecule has 0 spiro atoms. The van der Waals surface area contributed by atoms with E-state index in [2.05, 4.69) is 23.9 Å². The van der Waals surface area contributed by atoms with Gasteiger partial charge in [-0.15, -0.1) is 47.1 Å². The third-order valence-corrected chi connectivity index (χ3v) is 6.65. The van der Waals surface area contributed by atoms with Crippen LogP contribution in [0.2, 0.25) is 13.6 Å². The lowest BCUT2D eigenvalue weighted by Gasteiger charge is -2.15. The van der Waals surface area contributed by atoms with Crippen LogP contribution >= 0.6 is 23.2 Å². The quantitative estimate of drug-likeness (QED) is 0.224. The average Bonchev–Trinajstić information content (AvgIpc) is 3.34. The Balaban J connectivity index is 0.000000235. The van der Waals surface area contributed by atoms with E-state index in [0.717, 1.165) is 33.5 Å². The highest BCUT2D eigenvalue weighted by Crippen LogP contribution is 2.11. The Bertz CT molecular complexity index is 1390. The van der Waals surface area contributed by atoms with Crippen LogP contribution in [0.15, 0.2) is 48.5 Å². The molecule has 4 rings (SSSR count). The maximum atomic E-state index is 9.24. The molecule has 0 atom stereocenters. The molecule has 0 saturated carbocycles. The molecule has 0 amide bonds. The van der Waals surface area contributed by atoms with Crippen molar-refractivity contribution in [3.05, 3.63) is 48.5 Å². The van der Waals surface area contributed by atoms with E-state index < -0.39 is 12.3 Å². The number of aryl methyl sites for hydroxylation is 4. The molecule has 4 aromatic rings. The van der Waals surface area contributed by atoms with Crippen LogP contribution in [0.5, 0.6) is 0 Å². The maximum Gasteiger partial charge on any atom is 0.315 e. The Morgan fingerprint density at radius 3 is 1.19 bits per heavy atom. The molecule has 12 heteroatoms. The minimum absolute atomic E-state index is 0.194. The molecule has 0 fully saturated rings. The summed E-state index contributed by atoms with van der Waals surface area (Å²) in [4.78, 5) is 0. The molecule has 0 saturated heterocycles. The number of nitrogens with zero attached hydrogens (tertiary/aromatic N) is 8. The number of rotatable bonds is 2. The molecular weight excluding hydrogens is 505 g/mol. The van der Waals surface area contributed by atoms with Gasteiger partial charge in [-0.25, -0.2) is 21.0 Å². The molecule has 0 aliphatic carbocycles. The van der Waals surface area contributed by atoms with Crippen molar-refractivity contribution >= 4 is 69.0 Å². The summed E-state index contributed by atoms with van der Waals surface area (Å²) in [5.41, 5.74) is 5.65. The minimum atomic E-state index is -1.84. The Hall–Kier alpha value is -3.95. The van der Waals surface area contributed by atoms with E-state index in [1.807, 2.05) is 95.0 Å². The van der Waals surface area contributed by atoms with E-state index in [9.17, 15) is 21.0 Å². The molecule has 37 heavy (non-hydrogen) atoms. The van der Waals surface area contributed by atoms with Crippen molar-refractivity contribution in [3.8, 4) is 23.9 Å².